The monoisotopic (exact) mass is 490 g/mol. The molecule has 2 atom stereocenters. The van der Waals surface area contributed by atoms with Gasteiger partial charge in [-0.15, -0.1) is 24.0 Å². The highest BCUT2D eigenvalue weighted by atomic mass is 127. The van der Waals surface area contributed by atoms with Crippen molar-refractivity contribution < 1.29 is 9.84 Å². The summed E-state index contributed by atoms with van der Waals surface area (Å²) in [6.07, 6.45) is 0.732. The van der Waals surface area contributed by atoms with Crippen LogP contribution in [0.5, 0.6) is 5.75 Å². The molecule has 3 N–H and O–H groups in total. The molecule has 27 heavy (non-hydrogen) atoms. The minimum Gasteiger partial charge on any atom is -0.491 e. The number of hydrogen-bond acceptors (Lipinski definition) is 4. The van der Waals surface area contributed by atoms with E-state index in [-0.39, 0.29) is 30.1 Å². The number of halogens is 1. The summed E-state index contributed by atoms with van der Waals surface area (Å²) in [6.45, 7) is 10.4. The number of nitrogens with zero attached hydrogens (tertiary/aromatic N) is 2. The highest BCUT2D eigenvalue weighted by molar-refractivity contribution is 14.0. The largest absolute Gasteiger partial charge is 0.491 e. The minimum atomic E-state index is -0.629. The Labute approximate surface area is 180 Å². The molecule has 0 saturated carbocycles. The normalized spacial score (nSPS) is 18.9. The number of aliphatic imine (C=N–C) groups is 1. The average Bonchev–Trinajstić information content (AvgIpc) is 3.02. The number of nitrogens with one attached hydrogen (secondary N) is 2. The molecule has 7 heteroatoms. The van der Waals surface area contributed by atoms with E-state index in [4.69, 9.17) is 4.74 Å². The van der Waals surface area contributed by atoms with Crippen LogP contribution in [0.3, 0.4) is 0 Å². The van der Waals surface area contributed by atoms with Crippen LogP contribution >= 0.6 is 24.0 Å². The fraction of sp³-hybridized carbons (Fsp3) is 0.650. The van der Waals surface area contributed by atoms with Crippen molar-refractivity contribution >= 4 is 29.9 Å². The van der Waals surface area contributed by atoms with Crippen molar-refractivity contribution in [2.45, 2.75) is 39.4 Å². The zero-order valence-electron chi connectivity index (χ0n) is 16.9. The molecule has 0 spiro atoms. The van der Waals surface area contributed by atoms with E-state index in [2.05, 4.69) is 27.6 Å². The van der Waals surface area contributed by atoms with Gasteiger partial charge in [-0.25, -0.2) is 0 Å². The second kappa shape index (κ2) is 12.4. The zero-order valence-corrected chi connectivity index (χ0v) is 19.3. The standard InChI is InChI=1S/C20H34N4O2.HI/c1-5-21-20(22-12-16-10-11-24(4)14-16)23-13-19(25)17-6-8-18(9-7-17)26-15(2)3;/h6-9,15-16,19,25H,5,10-14H2,1-4H3,(H2,21,22,23);1H. The Morgan fingerprint density at radius 3 is 2.56 bits per heavy atom. The van der Waals surface area contributed by atoms with Crippen LogP contribution in [0.4, 0.5) is 0 Å². The van der Waals surface area contributed by atoms with Crippen molar-refractivity contribution in [3.63, 3.8) is 0 Å². The molecule has 0 radical (unpaired) electrons. The van der Waals surface area contributed by atoms with Gasteiger partial charge in [0.15, 0.2) is 5.96 Å². The summed E-state index contributed by atoms with van der Waals surface area (Å²) in [4.78, 5) is 6.89. The third-order valence-corrected chi connectivity index (χ3v) is 4.45. The molecular formula is C20H35IN4O2. The van der Waals surface area contributed by atoms with Crippen LogP contribution in [0, 0.1) is 5.92 Å². The number of guanidine groups is 1. The SMILES string of the molecule is CCNC(=NCC(O)c1ccc(OC(C)C)cc1)NCC1CCN(C)C1.I. The third-order valence-electron chi connectivity index (χ3n) is 4.45. The molecule has 1 aliphatic heterocycles. The molecule has 1 saturated heterocycles. The lowest BCUT2D eigenvalue weighted by Crippen LogP contribution is -2.40. The molecule has 1 heterocycles. The van der Waals surface area contributed by atoms with E-state index < -0.39 is 6.10 Å². The molecule has 0 bridgehead atoms. The highest BCUT2D eigenvalue weighted by Crippen LogP contribution is 2.19. The van der Waals surface area contributed by atoms with E-state index in [1.54, 1.807) is 0 Å². The third kappa shape index (κ3) is 8.66. The second-order valence-corrected chi connectivity index (χ2v) is 7.27. The molecule has 2 rings (SSSR count). The number of likely N-dealkylation sites (tertiary alicyclic amines) is 1. The van der Waals surface area contributed by atoms with Crippen LogP contribution in [-0.4, -0.2) is 61.8 Å². The summed E-state index contributed by atoms with van der Waals surface area (Å²) in [7, 11) is 2.16. The first-order valence-corrected chi connectivity index (χ1v) is 9.63. The Balaban J connectivity index is 0.00000364. The molecule has 1 aromatic rings. The van der Waals surface area contributed by atoms with Crippen molar-refractivity contribution in [3.05, 3.63) is 29.8 Å². The number of rotatable bonds is 8. The van der Waals surface area contributed by atoms with Gasteiger partial charge in [0, 0.05) is 19.6 Å². The van der Waals surface area contributed by atoms with Gasteiger partial charge in [0.2, 0.25) is 0 Å². The van der Waals surface area contributed by atoms with Crippen molar-refractivity contribution in [1.29, 1.82) is 0 Å². The Bertz CT molecular complexity index is 566. The quantitative estimate of drug-likeness (QED) is 0.297. The summed E-state index contributed by atoms with van der Waals surface area (Å²) in [6, 6.07) is 7.57. The number of hydrogen-bond donors (Lipinski definition) is 3. The van der Waals surface area contributed by atoms with E-state index >= 15 is 0 Å². The molecular weight excluding hydrogens is 455 g/mol. The highest BCUT2D eigenvalue weighted by Gasteiger charge is 2.19. The van der Waals surface area contributed by atoms with Gasteiger partial charge in [-0.2, -0.15) is 0 Å². The van der Waals surface area contributed by atoms with Crippen LogP contribution in [0.15, 0.2) is 29.3 Å². The molecule has 1 fully saturated rings. The van der Waals surface area contributed by atoms with Crippen molar-refractivity contribution in [2.24, 2.45) is 10.9 Å². The molecule has 2 unspecified atom stereocenters. The molecule has 1 aliphatic rings. The molecule has 6 nitrogen and oxygen atoms in total. The number of aliphatic hydroxyl groups is 1. The summed E-state index contributed by atoms with van der Waals surface area (Å²) >= 11 is 0. The van der Waals surface area contributed by atoms with Crippen LogP contribution in [0.2, 0.25) is 0 Å². The predicted molar refractivity (Wildman–Crippen MR) is 122 cm³/mol. The van der Waals surface area contributed by atoms with Gasteiger partial charge in [-0.05, 0) is 64.4 Å². The maximum absolute atomic E-state index is 10.4. The summed E-state index contributed by atoms with van der Waals surface area (Å²) in [5.74, 6) is 2.24. The van der Waals surface area contributed by atoms with Gasteiger partial charge >= 0.3 is 0 Å². The van der Waals surface area contributed by atoms with Gasteiger partial charge in [0.25, 0.3) is 0 Å². The van der Waals surface area contributed by atoms with E-state index in [1.165, 1.54) is 6.42 Å². The van der Waals surface area contributed by atoms with Crippen LogP contribution in [-0.2, 0) is 0 Å². The number of benzene rings is 1. The number of aliphatic hydroxyl groups excluding tert-OH is 1. The van der Waals surface area contributed by atoms with Gasteiger partial charge < -0.3 is 25.4 Å². The van der Waals surface area contributed by atoms with Crippen LogP contribution < -0.4 is 15.4 Å². The summed E-state index contributed by atoms with van der Waals surface area (Å²) < 4.78 is 5.63. The first-order valence-electron chi connectivity index (χ1n) is 9.63. The smallest absolute Gasteiger partial charge is 0.191 e. The maximum Gasteiger partial charge on any atom is 0.191 e. The minimum absolute atomic E-state index is 0. The Morgan fingerprint density at radius 1 is 1.30 bits per heavy atom. The van der Waals surface area contributed by atoms with E-state index in [0.29, 0.717) is 12.5 Å². The van der Waals surface area contributed by atoms with Gasteiger partial charge in [0.05, 0.1) is 18.8 Å². The van der Waals surface area contributed by atoms with Gasteiger partial charge in [-0.1, -0.05) is 12.1 Å². The topological polar surface area (TPSA) is 69.1 Å². The summed E-state index contributed by atoms with van der Waals surface area (Å²) in [5, 5.41) is 17.1. The van der Waals surface area contributed by atoms with Crippen molar-refractivity contribution in [1.82, 2.24) is 15.5 Å². The average molecular weight is 490 g/mol. The number of ether oxygens (including phenoxy) is 1. The fourth-order valence-corrected chi connectivity index (χ4v) is 3.10. The lowest BCUT2D eigenvalue weighted by molar-refractivity contribution is 0.186. The second-order valence-electron chi connectivity index (χ2n) is 7.27. The molecule has 1 aromatic carbocycles. The summed E-state index contributed by atoms with van der Waals surface area (Å²) in [5.41, 5.74) is 0.845. The van der Waals surface area contributed by atoms with Crippen molar-refractivity contribution in [3.8, 4) is 5.75 Å². The first kappa shape index (κ1) is 24.0. The lowest BCUT2D eigenvalue weighted by Gasteiger charge is -2.16. The van der Waals surface area contributed by atoms with Crippen molar-refractivity contribution in [2.75, 3.05) is 39.8 Å². The molecule has 154 valence electrons. The van der Waals surface area contributed by atoms with Gasteiger partial charge in [-0.3, -0.25) is 4.99 Å². The lowest BCUT2D eigenvalue weighted by atomic mass is 10.1. The Hall–Kier alpha value is -1.06. The van der Waals surface area contributed by atoms with E-state index in [1.807, 2.05) is 45.0 Å². The Morgan fingerprint density at radius 2 is 2.00 bits per heavy atom. The van der Waals surface area contributed by atoms with Crippen LogP contribution in [0.25, 0.3) is 0 Å². The molecule has 0 amide bonds. The Kier molecular flexibility index (Phi) is 11.0. The first-order chi connectivity index (χ1) is 12.5. The van der Waals surface area contributed by atoms with E-state index in [9.17, 15) is 5.11 Å². The fourth-order valence-electron chi connectivity index (χ4n) is 3.10. The predicted octanol–water partition coefficient (Wildman–Crippen LogP) is 2.63. The zero-order chi connectivity index (χ0) is 18.9. The van der Waals surface area contributed by atoms with Crippen LogP contribution in [0.1, 0.15) is 38.9 Å². The molecule has 0 aliphatic carbocycles. The maximum atomic E-state index is 10.4. The van der Waals surface area contributed by atoms with E-state index in [0.717, 1.165) is 43.5 Å². The van der Waals surface area contributed by atoms with Gasteiger partial charge in [0.1, 0.15) is 5.75 Å². The molecule has 0 aromatic heterocycles.